The fourth-order valence-corrected chi connectivity index (χ4v) is 2.43. The maximum absolute atomic E-state index is 12.0. The molecule has 1 aromatic heterocycles. The number of aromatic nitrogens is 3. The summed E-state index contributed by atoms with van der Waals surface area (Å²) in [6, 6.07) is 0. The lowest BCUT2D eigenvalue weighted by Crippen LogP contribution is -2.31. The maximum atomic E-state index is 12.0. The lowest BCUT2D eigenvalue weighted by molar-refractivity contribution is -0.130. The van der Waals surface area contributed by atoms with E-state index in [2.05, 4.69) is 15.6 Å². The average molecular weight is 263 g/mol. The summed E-state index contributed by atoms with van der Waals surface area (Å²) in [5, 5.41) is 11.5. The first-order valence-corrected chi connectivity index (χ1v) is 7.19. The van der Waals surface area contributed by atoms with Crippen molar-refractivity contribution < 1.29 is 4.79 Å². The molecule has 1 saturated carbocycles. The van der Waals surface area contributed by atoms with Gasteiger partial charge in [0.25, 0.3) is 0 Å². The molecule has 1 N–H and O–H groups in total. The number of carbonyl (C=O) groups excluding carboxylic acids is 1. The first-order valence-electron chi connectivity index (χ1n) is 7.19. The van der Waals surface area contributed by atoms with E-state index in [9.17, 15) is 4.79 Å². The van der Waals surface area contributed by atoms with Crippen LogP contribution in [0.25, 0.3) is 0 Å². The van der Waals surface area contributed by atoms with Crippen molar-refractivity contribution in [1.82, 2.24) is 25.2 Å². The van der Waals surface area contributed by atoms with Gasteiger partial charge in [0.05, 0.1) is 11.9 Å². The SMILES string of the molecule is O=C(Cn1cc(CNCC2CC2)nn1)N1CCCC1. The van der Waals surface area contributed by atoms with Crippen molar-refractivity contribution in [3.63, 3.8) is 0 Å². The normalized spacial score (nSPS) is 19.1. The molecule has 0 bridgehead atoms. The minimum atomic E-state index is 0.153. The minimum Gasteiger partial charge on any atom is -0.341 e. The highest BCUT2D eigenvalue weighted by atomic mass is 16.2. The van der Waals surface area contributed by atoms with Crippen molar-refractivity contribution in [1.29, 1.82) is 0 Å². The van der Waals surface area contributed by atoms with Crippen LogP contribution in [-0.4, -0.2) is 45.4 Å². The zero-order valence-corrected chi connectivity index (χ0v) is 11.2. The smallest absolute Gasteiger partial charge is 0.244 e. The Morgan fingerprint density at radius 1 is 1.37 bits per heavy atom. The summed E-state index contributed by atoms with van der Waals surface area (Å²) in [6.45, 7) is 3.91. The number of nitrogens with one attached hydrogen (secondary N) is 1. The Morgan fingerprint density at radius 2 is 2.16 bits per heavy atom. The standard InChI is InChI=1S/C13H21N5O/c19-13(17-5-1-2-6-17)10-18-9-12(15-16-18)8-14-7-11-3-4-11/h9,11,14H,1-8,10H2. The van der Waals surface area contributed by atoms with Crippen molar-refractivity contribution >= 4 is 5.91 Å². The molecule has 0 unspecified atom stereocenters. The first-order chi connectivity index (χ1) is 9.31. The second-order valence-corrected chi connectivity index (χ2v) is 5.57. The van der Waals surface area contributed by atoms with Crippen molar-refractivity contribution in [3.05, 3.63) is 11.9 Å². The fraction of sp³-hybridized carbons (Fsp3) is 0.769. The van der Waals surface area contributed by atoms with Crippen LogP contribution in [0.5, 0.6) is 0 Å². The van der Waals surface area contributed by atoms with Gasteiger partial charge in [0, 0.05) is 19.6 Å². The van der Waals surface area contributed by atoms with Crippen LogP contribution >= 0.6 is 0 Å². The second-order valence-electron chi connectivity index (χ2n) is 5.57. The van der Waals surface area contributed by atoms with Crippen molar-refractivity contribution in [2.45, 2.75) is 38.8 Å². The number of nitrogens with zero attached hydrogens (tertiary/aromatic N) is 4. The highest BCUT2D eigenvalue weighted by Crippen LogP contribution is 2.27. The van der Waals surface area contributed by atoms with Gasteiger partial charge in [-0.25, -0.2) is 4.68 Å². The van der Waals surface area contributed by atoms with Gasteiger partial charge in [-0.15, -0.1) is 5.10 Å². The van der Waals surface area contributed by atoms with Gasteiger partial charge in [0.15, 0.2) is 0 Å². The van der Waals surface area contributed by atoms with Gasteiger partial charge >= 0.3 is 0 Å². The number of carbonyl (C=O) groups is 1. The lowest BCUT2D eigenvalue weighted by atomic mass is 10.4. The molecule has 2 heterocycles. The molecule has 2 aliphatic rings. The molecule has 3 rings (SSSR count). The Kier molecular flexibility index (Phi) is 3.77. The topological polar surface area (TPSA) is 63.1 Å². The third kappa shape index (κ3) is 3.53. The molecule has 1 aromatic rings. The molecule has 19 heavy (non-hydrogen) atoms. The van der Waals surface area contributed by atoms with E-state index in [4.69, 9.17) is 0 Å². The molecule has 1 aliphatic heterocycles. The van der Waals surface area contributed by atoms with Crippen LogP contribution in [0.15, 0.2) is 6.20 Å². The quantitative estimate of drug-likeness (QED) is 0.807. The largest absolute Gasteiger partial charge is 0.341 e. The number of likely N-dealkylation sites (tertiary alicyclic amines) is 1. The number of amides is 1. The van der Waals surface area contributed by atoms with Crippen molar-refractivity contribution in [3.8, 4) is 0 Å². The molecule has 104 valence electrons. The van der Waals surface area contributed by atoms with Gasteiger partial charge < -0.3 is 10.2 Å². The van der Waals surface area contributed by atoms with Crippen LogP contribution in [0.2, 0.25) is 0 Å². The highest BCUT2D eigenvalue weighted by molar-refractivity contribution is 5.76. The molecule has 1 saturated heterocycles. The van der Waals surface area contributed by atoms with E-state index in [-0.39, 0.29) is 5.91 Å². The number of hydrogen-bond donors (Lipinski definition) is 1. The second kappa shape index (κ2) is 5.69. The molecule has 6 heteroatoms. The van der Waals surface area contributed by atoms with Gasteiger partial charge in [-0.3, -0.25) is 4.79 Å². The molecule has 0 atom stereocenters. The summed E-state index contributed by atoms with van der Waals surface area (Å²) in [6.07, 6.45) is 6.82. The molecular weight excluding hydrogens is 242 g/mol. The van der Waals surface area contributed by atoms with Crippen LogP contribution in [-0.2, 0) is 17.9 Å². The monoisotopic (exact) mass is 263 g/mol. The molecule has 6 nitrogen and oxygen atoms in total. The van der Waals surface area contributed by atoms with Crippen LogP contribution in [0.1, 0.15) is 31.4 Å². The third-order valence-corrected chi connectivity index (χ3v) is 3.78. The van der Waals surface area contributed by atoms with Crippen molar-refractivity contribution in [2.75, 3.05) is 19.6 Å². The molecular formula is C13H21N5O. The van der Waals surface area contributed by atoms with Crippen molar-refractivity contribution in [2.24, 2.45) is 5.92 Å². The molecule has 0 spiro atoms. The Balaban J connectivity index is 1.45. The van der Waals surface area contributed by atoms with E-state index in [1.165, 1.54) is 12.8 Å². The van der Waals surface area contributed by atoms with Crippen LogP contribution in [0.4, 0.5) is 0 Å². The summed E-state index contributed by atoms with van der Waals surface area (Å²) in [5.74, 6) is 1.02. The predicted molar refractivity (Wildman–Crippen MR) is 70.3 cm³/mol. The maximum Gasteiger partial charge on any atom is 0.244 e. The van der Waals surface area contributed by atoms with E-state index in [1.54, 1.807) is 4.68 Å². The Bertz CT molecular complexity index is 434. The number of rotatable bonds is 6. The highest BCUT2D eigenvalue weighted by Gasteiger charge is 2.21. The van der Waals surface area contributed by atoms with Gasteiger partial charge in [-0.05, 0) is 38.1 Å². The van der Waals surface area contributed by atoms with Crippen LogP contribution < -0.4 is 5.32 Å². The summed E-state index contributed by atoms with van der Waals surface area (Å²) in [4.78, 5) is 13.9. The van der Waals surface area contributed by atoms with Crippen LogP contribution in [0, 0.1) is 5.92 Å². The van der Waals surface area contributed by atoms with E-state index in [0.29, 0.717) is 6.54 Å². The summed E-state index contributed by atoms with van der Waals surface area (Å²) in [7, 11) is 0. The fourth-order valence-electron chi connectivity index (χ4n) is 2.43. The summed E-state index contributed by atoms with van der Waals surface area (Å²) < 4.78 is 1.65. The zero-order valence-electron chi connectivity index (χ0n) is 11.2. The number of hydrogen-bond acceptors (Lipinski definition) is 4. The Labute approximate surface area is 113 Å². The molecule has 0 radical (unpaired) electrons. The van der Waals surface area contributed by atoms with E-state index < -0.39 is 0 Å². The predicted octanol–water partition coefficient (Wildman–Crippen LogP) is 0.400. The van der Waals surface area contributed by atoms with Gasteiger partial charge in [-0.1, -0.05) is 5.21 Å². The van der Waals surface area contributed by atoms with E-state index >= 15 is 0 Å². The molecule has 0 aromatic carbocycles. The summed E-state index contributed by atoms with van der Waals surface area (Å²) in [5.41, 5.74) is 0.912. The Morgan fingerprint density at radius 3 is 2.89 bits per heavy atom. The third-order valence-electron chi connectivity index (χ3n) is 3.78. The van der Waals surface area contributed by atoms with Gasteiger partial charge in [0.1, 0.15) is 6.54 Å². The lowest BCUT2D eigenvalue weighted by Gasteiger charge is -2.14. The Hall–Kier alpha value is -1.43. The zero-order chi connectivity index (χ0) is 13.1. The van der Waals surface area contributed by atoms with E-state index in [0.717, 1.165) is 50.6 Å². The van der Waals surface area contributed by atoms with E-state index in [1.807, 2.05) is 11.1 Å². The first kappa shape index (κ1) is 12.6. The summed E-state index contributed by atoms with van der Waals surface area (Å²) >= 11 is 0. The minimum absolute atomic E-state index is 0.153. The molecule has 2 fully saturated rings. The molecule has 1 aliphatic carbocycles. The average Bonchev–Trinajstić information content (AvgIpc) is 2.92. The van der Waals surface area contributed by atoms with Gasteiger partial charge in [0.2, 0.25) is 5.91 Å². The van der Waals surface area contributed by atoms with Gasteiger partial charge in [-0.2, -0.15) is 0 Å². The molecule has 1 amide bonds. The van der Waals surface area contributed by atoms with Crippen LogP contribution in [0.3, 0.4) is 0 Å².